The van der Waals surface area contributed by atoms with Crippen molar-refractivity contribution in [3.63, 3.8) is 0 Å². The van der Waals surface area contributed by atoms with Gasteiger partial charge in [-0.2, -0.15) is 4.31 Å². The van der Waals surface area contributed by atoms with Crippen molar-refractivity contribution in [2.45, 2.75) is 31.3 Å². The van der Waals surface area contributed by atoms with Gasteiger partial charge in [-0.1, -0.05) is 42.5 Å². The molecule has 4 aromatic rings. The maximum atomic E-state index is 13.3. The molecule has 0 unspecified atom stereocenters. The number of rotatable bonds is 9. The van der Waals surface area contributed by atoms with E-state index >= 15 is 0 Å². The van der Waals surface area contributed by atoms with Gasteiger partial charge in [0.25, 0.3) is 5.91 Å². The second kappa shape index (κ2) is 11.0. The summed E-state index contributed by atoms with van der Waals surface area (Å²) in [7, 11) is -2.15. The molecule has 186 valence electrons. The van der Waals surface area contributed by atoms with E-state index in [-0.39, 0.29) is 23.4 Å². The second-order valence-corrected chi connectivity index (χ2v) is 11.1. The molecule has 3 aromatic carbocycles. The summed E-state index contributed by atoms with van der Waals surface area (Å²) in [6.07, 6.45) is 0. The summed E-state index contributed by atoms with van der Waals surface area (Å²) >= 11 is 1.31. The first-order chi connectivity index (χ1) is 17.3. The monoisotopic (exact) mass is 521 g/mol. The van der Waals surface area contributed by atoms with Crippen LogP contribution in [-0.4, -0.2) is 36.8 Å². The second-order valence-electron chi connectivity index (χ2n) is 8.38. The van der Waals surface area contributed by atoms with E-state index in [1.165, 1.54) is 39.9 Å². The van der Waals surface area contributed by atoms with Gasteiger partial charge in [0.1, 0.15) is 5.75 Å². The van der Waals surface area contributed by atoms with Crippen molar-refractivity contribution in [1.29, 1.82) is 0 Å². The molecule has 0 fully saturated rings. The molecule has 36 heavy (non-hydrogen) atoms. The van der Waals surface area contributed by atoms with Crippen LogP contribution >= 0.6 is 11.3 Å². The molecular formula is C27H27N3O4S2. The molecule has 0 bridgehead atoms. The fourth-order valence-corrected chi connectivity index (χ4v) is 5.98. The molecule has 0 radical (unpaired) electrons. The van der Waals surface area contributed by atoms with Crippen LogP contribution in [0.3, 0.4) is 0 Å². The highest BCUT2D eigenvalue weighted by Gasteiger charge is 2.27. The number of anilines is 1. The Morgan fingerprint density at radius 2 is 1.75 bits per heavy atom. The third-order valence-corrected chi connectivity index (χ3v) is 8.36. The Morgan fingerprint density at radius 3 is 2.42 bits per heavy atom. The highest BCUT2D eigenvalue weighted by molar-refractivity contribution is 7.89. The van der Waals surface area contributed by atoms with Crippen LogP contribution in [0.15, 0.2) is 89.1 Å². The molecule has 4 rings (SSSR count). The van der Waals surface area contributed by atoms with E-state index in [1.807, 2.05) is 73.8 Å². The minimum atomic E-state index is -3.75. The number of sulfonamides is 1. The Bertz CT molecular complexity index is 1430. The molecule has 0 aliphatic heterocycles. The number of hydrogen-bond acceptors (Lipinski definition) is 6. The van der Waals surface area contributed by atoms with Crippen molar-refractivity contribution in [2.24, 2.45) is 0 Å². The van der Waals surface area contributed by atoms with Crippen molar-refractivity contribution in [3.05, 3.63) is 95.4 Å². The van der Waals surface area contributed by atoms with Gasteiger partial charge in [-0.05, 0) is 55.8 Å². The van der Waals surface area contributed by atoms with E-state index in [2.05, 4.69) is 10.3 Å². The summed E-state index contributed by atoms with van der Waals surface area (Å²) in [6, 6.07) is 22.7. The van der Waals surface area contributed by atoms with Crippen LogP contribution in [0.4, 0.5) is 5.13 Å². The van der Waals surface area contributed by atoms with E-state index in [1.54, 1.807) is 7.11 Å². The minimum absolute atomic E-state index is 0.137. The molecule has 1 heterocycles. The highest BCUT2D eigenvalue weighted by atomic mass is 32.2. The predicted octanol–water partition coefficient (Wildman–Crippen LogP) is 5.67. The number of ether oxygens (including phenoxy) is 1. The number of nitrogens with one attached hydrogen (secondary N) is 1. The van der Waals surface area contributed by atoms with Gasteiger partial charge < -0.3 is 4.74 Å². The van der Waals surface area contributed by atoms with E-state index < -0.39 is 10.0 Å². The summed E-state index contributed by atoms with van der Waals surface area (Å²) < 4.78 is 33.4. The number of carbonyl (C=O) groups excluding carboxylic acids is 1. The quantitative estimate of drug-likeness (QED) is 0.307. The van der Waals surface area contributed by atoms with Crippen LogP contribution in [-0.2, 0) is 16.6 Å². The number of aromatic nitrogens is 1. The zero-order chi connectivity index (χ0) is 25.7. The normalized spacial score (nSPS) is 11.6. The lowest BCUT2D eigenvalue weighted by molar-refractivity contribution is 0.102. The third kappa shape index (κ3) is 5.81. The van der Waals surface area contributed by atoms with Gasteiger partial charge in [0, 0.05) is 29.1 Å². The molecule has 1 amide bonds. The lowest BCUT2D eigenvalue weighted by Crippen LogP contribution is -2.36. The van der Waals surface area contributed by atoms with Crippen LogP contribution < -0.4 is 10.1 Å². The smallest absolute Gasteiger partial charge is 0.257 e. The van der Waals surface area contributed by atoms with E-state index in [9.17, 15) is 13.2 Å². The van der Waals surface area contributed by atoms with Crippen LogP contribution in [0.5, 0.6) is 5.75 Å². The maximum Gasteiger partial charge on any atom is 0.257 e. The Balaban J connectivity index is 1.48. The van der Waals surface area contributed by atoms with Crippen LogP contribution in [0.2, 0.25) is 0 Å². The van der Waals surface area contributed by atoms with Crippen molar-refractivity contribution in [1.82, 2.24) is 9.29 Å². The average Bonchev–Trinajstić information content (AvgIpc) is 3.36. The highest BCUT2D eigenvalue weighted by Crippen LogP contribution is 2.28. The summed E-state index contributed by atoms with van der Waals surface area (Å²) in [5.74, 6) is 0.358. The van der Waals surface area contributed by atoms with Crippen molar-refractivity contribution < 1.29 is 17.9 Å². The van der Waals surface area contributed by atoms with Gasteiger partial charge in [-0.25, -0.2) is 13.4 Å². The molecule has 1 N–H and O–H groups in total. The molecule has 7 nitrogen and oxygen atoms in total. The lowest BCUT2D eigenvalue weighted by atomic mass is 10.2. The fourth-order valence-electron chi connectivity index (χ4n) is 3.64. The first-order valence-electron chi connectivity index (χ1n) is 11.3. The molecule has 0 saturated heterocycles. The van der Waals surface area contributed by atoms with Crippen LogP contribution in [0.25, 0.3) is 11.3 Å². The molecule has 0 aliphatic rings. The van der Waals surface area contributed by atoms with E-state index in [4.69, 9.17) is 4.74 Å². The largest absolute Gasteiger partial charge is 0.497 e. The lowest BCUT2D eigenvalue weighted by Gasteiger charge is -2.26. The van der Waals surface area contributed by atoms with E-state index in [0.717, 1.165) is 22.6 Å². The first-order valence-corrected chi connectivity index (χ1v) is 13.7. The Hall–Kier alpha value is -3.53. The molecule has 0 atom stereocenters. The maximum absolute atomic E-state index is 13.3. The number of carbonyl (C=O) groups is 1. The number of methoxy groups -OCH3 is 1. The molecule has 0 spiro atoms. The summed E-state index contributed by atoms with van der Waals surface area (Å²) in [6.45, 7) is 3.95. The zero-order valence-corrected chi connectivity index (χ0v) is 21.8. The van der Waals surface area contributed by atoms with Crippen LogP contribution in [0, 0.1) is 0 Å². The standard InChI is InChI=1S/C27H27N3O4S2/c1-19(2)30(17-20-8-5-4-6-9-20)36(32,33)24-14-12-21(13-15-24)26(31)29-27-28-25(18-35-27)22-10-7-11-23(16-22)34-3/h4-16,18-19H,17H2,1-3H3,(H,28,29,31). The minimum Gasteiger partial charge on any atom is -0.497 e. The zero-order valence-electron chi connectivity index (χ0n) is 20.2. The van der Waals surface area contributed by atoms with Crippen LogP contribution in [0.1, 0.15) is 29.8 Å². The van der Waals surface area contributed by atoms with Crippen molar-refractivity contribution in [2.75, 3.05) is 12.4 Å². The van der Waals surface area contributed by atoms with Gasteiger partial charge in [-0.15, -0.1) is 11.3 Å². The summed E-state index contributed by atoms with van der Waals surface area (Å²) in [5.41, 5.74) is 2.85. The SMILES string of the molecule is COc1cccc(-c2csc(NC(=O)c3ccc(S(=O)(=O)N(Cc4ccccc4)C(C)C)cc3)n2)c1. The van der Waals surface area contributed by atoms with Gasteiger partial charge in [0.05, 0.1) is 17.7 Å². The molecule has 0 saturated carbocycles. The third-order valence-electron chi connectivity index (χ3n) is 5.57. The fraction of sp³-hybridized carbons (Fsp3) is 0.185. The Morgan fingerprint density at radius 1 is 1.03 bits per heavy atom. The predicted molar refractivity (Wildman–Crippen MR) is 143 cm³/mol. The topological polar surface area (TPSA) is 88.6 Å². The van der Waals surface area contributed by atoms with Gasteiger partial charge in [0.15, 0.2) is 5.13 Å². The Kier molecular flexibility index (Phi) is 7.83. The molecular weight excluding hydrogens is 494 g/mol. The summed E-state index contributed by atoms with van der Waals surface area (Å²) in [4.78, 5) is 17.4. The number of benzene rings is 3. The number of hydrogen-bond donors (Lipinski definition) is 1. The van der Waals surface area contributed by atoms with E-state index in [0.29, 0.717) is 10.7 Å². The average molecular weight is 522 g/mol. The Labute approximate surface area is 215 Å². The van der Waals surface area contributed by atoms with Gasteiger partial charge in [0.2, 0.25) is 10.0 Å². The summed E-state index contributed by atoms with van der Waals surface area (Å²) in [5, 5.41) is 5.09. The van der Waals surface area contributed by atoms with Gasteiger partial charge >= 0.3 is 0 Å². The molecule has 1 aromatic heterocycles. The molecule has 0 aliphatic carbocycles. The number of thiazole rings is 1. The molecule has 9 heteroatoms. The first kappa shape index (κ1) is 25.6. The number of amides is 1. The van der Waals surface area contributed by atoms with Crippen molar-refractivity contribution in [3.8, 4) is 17.0 Å². The number of nitrogens with zero attached hydrogens (tertiary/aromatic N) is 2. The van der Waals surface area contributed by atoms with Gasteiger partial charge in [-0.3, -0.25) is 10.1 Å². The van der Waals surface area contributed by atoms with Crippen molar-refractivity contribution >= 4 is 32.4 Å².